The van der Waals surface area contributed by atoms with Crippen LogP contribution in [0.5, 0.6) is 0 Å². The normalized spacial score (nSPS) is 13.6. The Bertz CT molecular complexity index is 514. The number of halogens is 1. The van der Waals surface area contributed by atoms with Gasteiger partial charge in [0.1, 0.15) is 11.3 Å². The molecule has 4 heteroatoms. The third-order valence-electron chi connectivity index (χ3n) is 2.62. The monoisotopic (exact) mass is 221 g/mol. The second-order valence-electron chi connectivity index (χ2n) is 4.33. The average Bonchev–Trinajstić information content (AvgIpc) is 2.58. The molecule has 0 bridgehead atoms. The van der Waals surface area contributed by atoms with E-state index in [0.29, 0.717) is 5.52 Å². The van der Waals surface area contributed by atoms with E-state index in [2.05, 4.69) is 4.98 Å². The number of nitrogens with two attached hydrogens (primary N) is 1. The van der Waals surface area contributed by atoms with Gasteiger partial charge in [-0.1, -0.05) is 6.07 Å². The van der Waals surface area contributed by atoms with Gasteiger partial charge in [-0.3, -0.25) is 0 Å². The molecule has 0 aliphatic heterocycles. The quantitative estimate of drug-likeness (QED) is 0.847. The largest absolute Gasteiger partial charge is 0.324 e. The van der Waals surface area contributed by atoms with E-state index in [-0.39, 0.29) is 17.9 Å². The Morgan fingerprint density at radius 1 is 1.31 bits per heavy atom. The summed E-state index contributed by atoms with van der Waals surface area (Å²) >= 11 is 0. The van der Waals surface area contributed by atoms with E-state index < -0.39 is 0 Å². The molecule has 2 N–H and O–H groups in total. The first-order valence-corrected chi connectivity index (χ1v) is 5.44. The molecule has 1 aromatic carbocycles. The van der Waals surface area contributed by atoms with Crippen molar-refractivity contribution in [2.75, 3.05) is 0 Å². The second kappa shape index (κ2) is 3.87. The highest BCUT2D eigenvalue weighted by Crippen LogP contribution is 2.25. The first kappa shape index (κ1) is 11.1. The van der Waals surface area contributed by atoms with Crippen molar-refractivity contribution in [3.05, 3.63) is 29.8 Å². The summed E-state index contributed by atoms with van der Waals surface area (Å²) in [6, 6.07) is 5.01. The highest BCUT2D eigenvalue weighted by atomic mass is 19.1. The highest BCUT2D eigenvalue weighted by molar-refractivity contribution is 5.77. The van der Waals surface area contributed by atoms with E-state index in [1.807, 2.05) is 31.4 Å². The summed E-state index contributed by atoms with van der Waals surface area (Å²) in [7, 11) is 0. The van der Waals surface area contributed by atoms with Crippen molar-refractivity contribution in [3.63, 3.8) is 0 Å². The molecule has 0 spiro atoms. The number of para-hydroxylation sites is 1. The minimum absolute atomic E-state index is 0.200. The van der Waals surface area contributed by atoms with E-state index >= 15 is 0 Å². The Labute approximate surface area is 94.1 Å². The molecular weight excluding hydrogens is 205 g/mol. The van der Waals surface area contributed by atoms with Gasteiger partial charge >= 0.3 is 0 Å². The van der Waals surface area contributed by atoms with E-state index in [1.54, 1.807) is 6.07 Å². The molecule has 2 aromatic rings. The van der Waals surface area contributed by atoms with E-state index in [4.69, 9.17) is 5.73 Å². The van der Waals surface area contributed by atoms with Crippen LogP contribution < -0.4 is 5.73 Å². The van der Waals surface area contributed by atoms with Crippen LogP contribution in [0.15, 0.2) is 18.2 Å². The van der Waals surface area contributed by atoms with Gasteiger partial charge in [-0.25, -0.2) is 9.37 Å². The third kappa shape index (κ3) is 1.59. The smallest absolute Gasteiger partial charge is 0.151 e. The van der Waals surface area contributed by atoms with Crippen LogP contribution in [0.25, 0.3) is 11.0 Å². The van der Waals surface area contributed by atoms with Gasteiger partial charge in [0.15, 0.2) is 5.82 Å². The van der Waals surface area contributed by atoms with Crippen LogP contribution in [0, 0.1) is 5.82 Å². The van der Waals surface area contributed by atoms with Gasteiger partial charge in [0, 0.05) is 6.04 Å². The Morgan fingerprint density at radius 3 is 2.56 bits per heavy atom. The number of benzene rings is 1. The summed E-state index contributed by atoms with van der Waals surface area (Å²) in [4.78, 5) is 4.30. The van der Waals surface area contributed by atoms with Crippen molar-refractivity contribution in [2.24, 2.45) is 5.73 Å². The van der Waals surface area contributed by atoms with Crippen molar-refractivity contribution in [1.29, 1.82) is 0 Å². The lowest BCUT2D eigenvalue weighted by Crippen LogP contribution is -2.14. The number of nitrogens with zero attached hydrogens (tertiary/aromatic N) is 2. The molecule has 0 radical (unpaired) electrons. The lowest BCUT2D eigenvalue weighted by atomic mass is 10.2. The lowest BCUT2D eigenvalue weighted by Gasteiger charge is -2.14. The second-order valence-corrected chi connectivity index (χ2v) is 4.33. The van der Waals surface area contributed by atoms with Gasteiger partial charge in [0.25, 0.3) is 0 Å². The Hall–Kier alpha value is -1.42. The van der Waals surface area contributed by atoms with Crippen LogP contribution >= 0.6 is 0 Å². The van der Waals surface area contributed by atoms with Crippen molar-refractivity contribution < 1.29 is 4.39 Å². The molecule has 86 valence electrons. The lowest BCUT2D eigenvalue weighted by molar-refractivity contribution is 0.558. The maximum absolute atomic E-state index is 13.6. The summed E-state index contributed by atoms with van der Waals surface area (Å²) in [6.45, 7) is 5.94. The van der Waals surface area contributed by atoms with Gasteiger partial charge in [-0.05, 0) is 32.9 Å². The Balaban J connectivity index is 2.81. The molecule has 0 fully saturated rings. The molecule has 16 heavy (non-hydrogen) atoms. The molecule has 1 atom stereocenters. The number of hydrogen-bond acceptors (Lipinski definition) is 2. The number of aromatic nitrogens is 2. The summed E-state index contributed by atoms with van der Waals surface area (Å²) in [5.74, 6) is 0.439. The summed E-state index contributed by atoms with van der Waals surface area (Å²) in [5, 5.41) is 0. The van der Waals surface area contributed by atoms with Gasteiger partial charge < -0.3 is 10.3 Å². The van der Waals surface area contributed by atoms with Crippen LogP contribution in [0.2, 0.25) is 0 Å². The predicted molar refractivity (Wildman–Crippen MR) is 62.7 cm³/mol. The van der Waals surface area contributed by atoms with E-state index in [1.165, 1.54) is 6.07 Å². The van der Waals surface area contributed by atoms with Crippen LogP contribution in [0.1, 0.15) is 38.7 Å². The number of rotatable bonds is 2. The third-order valence-corrected chi connectivity index (χ3v) is 2.62. The molecule has 2 rings (SSSR count). The number of fused-ring (bicyclic) bond motifs is 1. The minimum atomic E-state index is -0.293. The van der Waals surface area contributed by atoms with Crippen molar-refractivity contribution >= 4 is 11.0 Å². The molecular formula is C12H16FN3. The fourth-order valence-corrected chi connectivity index (χ4v) is 1.96. The Morgan fingerprint density at radius 2 is 2.00 bits per heavy atom. The van der Waals surface area contributed by atoms with Crippen molar-refractivity contribution in [1.82, 2.24) is 9.55 Å². The maximum Gasteiger partial charge on any atom is 0.151 e. The fourth-order valence-electron chi connectivity index (χ4n) is 1.96. The molecule has 1 heterocycles. The maximum atomic E-state index is 13.6. The number of imidazole rings is 1. The van der Waals surface area contributed by atoms with Gasteiger partial charge in [-0.15, -0.1) is 0 Å². The summed E-state index contributed by atoms with van der Waals surface area (Å²) in [6.07, 6.45) is 0. The highest BCUT2D eigenvalue weighted by Gasteiger charge is 2.17. The topological polar surface area (TPSA) is 43.8 Å². The molecule has 1 aromatic heterocycles. The van der Waals surface area contributed by atoms with Crippen LogP contribution in [-0.2, 0) is 0 Å². The Kier molecular flexibility index (Phi) is 2.68. The van der Waals surface area contributed by atoms with Crippen LogP contribution in [-0.4, -0.2) is 9.55 Å². The molecule has 0 unspecified atom stereocenters. The van der Waals surface area contributed by atoms with Gasteiger partial charge in [0.2, 0.25) is 0 Å². The first-order chi connectivity index (χ1) is 7.52. The fraction of sp³-hybridized carbons (Fsp3) is 0.417. The summed E-state index contributed by atoms with van der Waals surface area (Å²) in [5.41, 5.74) is 7.07. The zero-order chi connectivity index (χ0) is 11.9. The molecule has 0 saturated carbocycles. The predicted octanol–water partition coefficient (Wildman–Crippen LogP) is 2.78. The average molecular weight is 221 g/mol. The molecule has 0 saturated heterocycles. The number of hydrogen-bond donors (Lipinski definition) is 1. The zero-order valence-corrected chi connectivity index (χ0v) is 9.74. The molecule has 0 aliphatic rings. The first-order valence-electron chi connectivity index (χ1n) is 5.44. The van der Waals surface area contributed by atoms with Crippen LogP contribution in [0.4, 0.5) is 4.39 Å². The van der Waals surface area contributed by atoms with E-state index in [9.17, 15) is 4.39 Å². The molecule has 0 aliphatic carbocycles. The molecule has 3 nitrogen and oxygen atoms in total. The van der Waals surface area contributed by atoms with Gasteiger partial charge in [0.05, 0.1) is 11.6 Å². The molecule has 0 amide bonds. The van der Waals surface area contributed by atoms with E-state index in [0.717, 1.165) is 11.3 Å². The summed E-state index contributed by atoms with van der Waals surface area (Å²) < 4.78 is 15.6. The van der Waals surface area contributed by atoms with Crippen molar-refractivity contribution in [2.45, 2.75) is 32.9 Å². The zero-order valence-electron chi connectivity index (χ0n) is 9.74. The van der Waals surface area contributed by atoms with Gasteiger partial charge in [-0.2, -0.15) is 0 Å². The minimum Gasteiger partial charge on any atom is -0.324 e. The standard InChI is InChI=1S/C12H16FN3/c1-7(2)16-10-6-4-5-9(13)11(10)15-12(16)8(3)14/h4-8H,14H2,1-3H3/t8-/m0/s1. The van der Waals surface area contributed by atoms with Crippen LogP contribution in [0.3, 0.4) is 0 Å². The van der Waals surface area contributed by atoms with Crippen molar-refractivity contribution in [3.8, 4) is 0 Å². The SMILES string of the molecule is CC(C)n1c([C@H](C)N)nc2c(F)cccc21.